The lowest BCUT2D eigenvalue weighted by Gasteiger charge is -2.20. The summed E-state index contributed by atoms with van der Waals surface area (Å²) in [5, 5.41) is 6.01. The summed E-state index contributed by atoms with van der Waals surface area (Å²) in [6, 6.07) is 5.55. The van der Waals surface area contributed by atoms with Gasteiger partial charge in [-0.3, -0.25) is 5.32 Å². The van der Waals surface area contributed by atoms with Crippen LogP contribution in [0.2, 0.25) is 5.28 Å². The maximum absolute atomic E-state index is 11.9. The van der Waals surface area contributed by atoms with Crippen molar-refractivity contribution in [3.8, 4) is 0 Å². The summed E-state index contributed by atoms with van der Waals surface area (Å²) in [5.41, 5.74) is 1.73. The molecule has 1 aromatic heterocycles. The average Bonchev–Trinajstić information content (AvgIpc) is 2.44. The molecule has 0 unspecified atom stereocenters. The van der Waals surface area contributed by atoms with Gasteiger partial charge in [-0.2, -0.15) is 4.98 Å². The van der Waals surface area contributed by atoms with Gasteiger partial charge in [0.05, 0.1) is 4.47 Å². The highest BCUT2D eigenvalue weighted by Gasteiger charge is 2.17. The molecule has 0 radical (unpaired) electrons. The van der Waals surface area contributed by atoms with Crippen LogP contribution in [0.5, 0.6) is 0 Å². The van der Waals surface area contributed by atoms with Crippen LogP contribution in [-0.4, -0.2) is 21.7 Å². The zero-order valence-corrected chi connectivity index (χ0v) is 16.1. The third-order valence-electron chi connectivity index (χ3n) is 2.85. The van der Waals surface area contributed by atoms with Gasteiger partial charge in [0.15, 0.2) is 0 Å². The molecule has 1 aromatic carbocycles. The summed E-state index contributed by atoms with van der Waals surface area (Å²) in [6.45, 7) is 7.34. The van der Waals surface area contributed by atoms with Gasteiger partial charge in [0, 0.05) is 17.6 Å². The van der Waals surface area contributed by atoms with Crippen molar-refractivity contribution in [2.45, 2.75) is 33.3 Å². The molecule has 24 heavy (non-hydrogen) atoms. The highest BCUT2D eigenvalue weighted by atomic mass is 79.9. The normalized spacial score (nSPS) is 11.1. The van der Waals surface area contributed by atoms with Crippen molar-refractivity contribution >= 4 is 50.8 Å². The molecule has 0 fully saturated rings. The van der Waals surface area contributed by atoms with E-state index in [0.717, 1.165) is 11.3 Å². The van der Waals surface area contributed by atoms with Gasteiger partial charge in [-0.25, -0.2) is 9.78 Å². The lowest BCUT2D eigenvalue weighted by Crippen LogP contribution is -2.27. The second kappa shape index (κ2) is 7.36. The van der Waals surface area contributed by atoms with Gasteiger partial charge in [0.2, 0.25) is 5.28 Å². The number of anilines is 3. The third-order valence-corrected chi connectivity index (χ3v) is 3.61. The first-order valence-electron chi connectivity index (χ1n) is 7.20. The minimum atomic E-state index is -0.559. The Balaban J connectivity index is 2.19. The summed E-state index contributed by atoms with van der Waals surface area (Å²) < 4.78 is 5.95. The van der Waals surface area contributed by atoms with Gasteiger partial charge >= 0.3 is 6.09 Å². The summed E-state index contributed by atoms with van der Waals surface area (Å²) in [5.74, 6) is 0.530. The maximum atomic E-state index is 11.9. The van der Waals surface area contributed by atoms with E-state index in [4.69, 9.17) is 16.3 Å². The number of ether oxygens (including phenoxy) is 1. The van der Waals surface area contributed by atoms with Crippen LogP contribution in [0.25, 0.3) is 0 Å². The Kier molecular flexibility index (Phi) is 5.66. The van der Waals surface area contributed by atoms with Crippen molar-refractivity contribution < 1.29 is 9.53 Å². The number of rotatable bonds is 3. The van der Waals surface area contributed by atoms with Crippen LogP contribution in [0.15, 0.2) is 28.9 Å². The Morgan fingerprint density at radius 1 is 1.33 bits per heavy atom. The van der Waals surface area contributed by atoms with E-state index in [1.165, 1.54) is 0 Å². The van der Waals surface area contributed by atoms with Crippen molar-refractivity contribution in [2.75, 3.05) is 10.6 Å². The Morgan fingerprint density at radius 2 is 2.04 bits per heavy atom. The molecule has 0 saturated heterocycles. The van der Waals surface area contributed by atoms with Gasteiger partial charge in [-0.05, 0) is 72.9 Å². The third kappa shape index (κ3) is 5.35. The number of carbonyl (C=O) groups is 1. The highest BCUT2D eigenvalue weighted by molar-refractivity contribution is 9.10. The molecule has 6 nitrogen and oxygen atoms in total. The van der Waals surface area contributed by atoms with E-state index >= 15 is 0 Å². The number of hydrogen-bond donors (Lipinski definition) is 2. The topological polar surface area (TPSA) is 76.1 Å². The Bertz CT molecular complexity index is 762. The molecule has 0 bridgehead atoms. The number of amides is 1. The van der Waals surface area contributed by atoms with E-state index in [1.807, 2.05) is 39.8 Å². The van der Waals surface area contributed by atoms with E-state index < -0.39 is 11.7 Å². The first-order valence-corrected chi connectivity index (χ1v) is 8.37. The molecule has 1 amide bonds. The zero-order valence-electron chi connectivity index (χ0n) is 13.8. The van der Waals surface area contributed by atoms with Crippen LogP contribution in [0, 0.1) is 6.92 Å². The van der Waals surface area contributed by atoms with Gasteiger partial charge in [0.1, 0.15) is 11.4 Å². The largest absolute Gasteiger partial charge is 0.444 e. The predicted molar refractivity (Wildman–Crippen MR) is 99.1 cm³/mol. The van der Waals surface area contributed by atoms with Crippen LogP contribution < -0.4 is 10.6 Å². The first kappa shape index (κ1) is 18.5. The van der Waals surface area contributed by atoms with E-state index in [2.05, 4.69) is 36.5 Å². The number of nitrogens with zero attached hydrogens (tertiary/aromatic N) is 2. The second-order valence-corrected chi connectivity index (χ2v) is 7.31. The van der Waals surface area contributed by atoms with Crippen LogP contribution in [0.1, 0.15) is 26.3 Å². The van der Waals surface area contributed by atoms with Gasteiger partial charge in [-0.1, -0.05) is 6.07 Å². The summed E-state index contributed by atoms with van der Waals surface area (Å²) in [6.07, 6.45) is 1.06. The molecule has 0 spiro atoms. The molecular formula is C16H18BrClN4O2. The van der Waals surface area contributed by atoms with Gasteiger partial charge in [0.25, 0.3) is 0 Å². The molecule has 2 rings (SSSR count). The number of halogens is 2. The summed E-state index contributed by atoms with van der Waals surface area (Å²) >= 11 is 9.17. The number of aromatic nitrogens is 2. The number of carbonyl (C=O) groups excluding carboxylic acids is 1. The molecule has 2 N–H and O–H groups in total. The molecule has 1 heterocycles. The molecule has 0 aliphatic carbocycles. The molecule has 128 valence electrons. The van der Waals surface area contributed by atoms with Crippen LogP contribution in [0.3, 0.4) is 0 Å². The minimum Gasteiger partial charge on any atom is -0.444 e. The Hall–Kier alpha value is -1.86. The number of benzene rings is 1. The highest BCUT2D eigenvalue weighted by Crippen LogP contribution is 2.27. The fraction of sp³-hybridized carbons (Fsp3) is 0.312. The van der Waals surface area contributed by atoms with Crippen LogP contribution in [-0.2, 0) is 4.74 Å². The molecule has 8 heteroatoms. The quantitative estimate of drug-likeness (QED) is 0.668. The zero-order chi connectivity index (χ0) is 17.9. The fourth-order valence-corrected chi connectivity index (χ4v) is 2.24. The standard InChI is InChI=1S/C16H18BrClN4O2/c1-9-5-6-10(20-13-11(17)8-19-14(18)22-13)7-12(9)21-15(23)24-16(2,3)4/h5-8H,1-4H3,(H,21,23)(H,19,20,22). The van der Waals surface area contributed by atoms with E-state index in [0.29, 0.717) is 16.0 Å². The van der Waals surface area contributed by atoms with Crippen LogP contribution in [0.4, 0.5) is 22.0 Å². The minimum absolute atomic E-state index is 0.139. The molecule has 0 aliphatic rings. The van der Waals surface area contributed by atoms with E-state index in [1.54, 1.807) is 12.3 Å². The Labute approximate surface area is 154 Å². The SMILES string of the molecule is Cc1ccc(Nc2nc(Cl)ncc2Br)cc1NC(=O)OC(C)(C)C. The van der Waals surface area contributed by atoms with Crippen molar-refractivity contribution in [1.29, 1.82) is 0 Å². The first-order chi connectivity index (χ1) is 11.1. The summed E-state index contributed by atoms with van der Waals surface area (Å²) in [4.78, 5) is 19.9. The molecule has 0 aliphatic heterocycles. The summed E-state index contributed by atoms with van der Waals surface area (Å²) in [7, 11) is 0. The smallest absolute Gasteiger partial charge is 0.412 e. The lowest BCUT2D eigenvalue weighted by atomic mass is 10.2. The van der Waals surface area contributed by atoms with E-state index in [9.17, 15) is 4.79 Å². The van der Waals surface area contributed by atoms with Crippen molar-refractivity contribution in [1.82, 2.24) is 9.97 Å². The molecule has 0 saturated carbocycles. The fourth-order valence-electron chi connectivity index (χ4n) is 1.82. The lowest BCUT2D eigenvalue weighted by molar-refractivity contribution is 0.0636. The second-order valence-electron chi connectivity index (χ2n) is 6.12. The van der Waals surface area contributed by atoms with Gasteiger partial charge < -0.3 is 10.1 Å². The van der Waals surface area contributed by atoms with Gasteiger partial charge in [-0.15, -0.1) is 0 Å². The molecule has 2 aromatic rings. The van der Waals surface area contributed by atoms with Crippen molar-refractivity contribution in [2.24, 2.45) is 0 Å². The number of hydrogen-bond acceptors (Lipinski definition) is 5. The van der Waals surface area contributed by atoms with Crippen LogP contribution >= 0.6 is 27.5 Å². The molecule has 0 atom stereocenters. The Morgan fingerprint density at radius 3 is 2.71 bits per heavy atom. The number of aryl methyl sites for hydroxylation is 1. The molecular weight excluding hydrogens is 396 g/mol. The van der Waals surface area contributed by atoms with E-state index in [-0.39, 0.29) is 5.28 Å². The monoisotopic (exact) mass is 412 g/mol. The predicted octanol–water partition coefficient (Wildman–Crippen LogP) is 5.29. The number of nitrogens with one attached hydrogen (secondary N) is 2. The van der Waals surface area contributed by atoms with Crippen molar-refractivity contribution in [3.05, 3.63) is 39.7 Å². The average molecular weight is 414 g/mol. The maximum Gasteiger partial charge on any atom is 0.412 e. The van der Waals surface area contributed by atoms with Crippen molar-refractivity contribution in [3.63, 3.8) is 0 Å².